The van der Waals surface area contributed by atoms with E-state index < -0.39 is 0 Å². The number of ether oxygens (including phenoxy) is 1. The summed E-state index contributed by atoms with van der Waals surface area (Å²) in [6.45, 7) is 9.64. The van der Waals surface area contributed by atoms with Crippen molar-refractivity contribution in [2.24, 2.45) is 0 Å². The average Bonchev–Trinajstić information content (AvgIpc) is 2.64. The van der Waals surface area contributed by atoms with E-state index in [1.165, 1.54) is 0 Å². The van der Waals surface area contributed by atoms with Crippen molar-refractivity contribution in [3.63, 3.8) is 0 Å². The Morgan fingerprint density at radius 1 is 1.40 bits per heavy atom. The Labute approximate surface area is 121 Å². The first-order valence-electron chi connectivity index (χ1n) is 7.50. The minimum Gasteiger partial charge on any atom is -0.491 e. The third-order valence-corrected chi connectivity index (χ3v) is 4.06. The fourth-order valence-corrected chi connectivity index (χ4v) is 2.63. The van der Waals surface area contributed by atoms with Crippen molar-refractivity contribution >= 4 is 5.69 Å². The molecule has 1 unspecified atom stereocenters. The highest BCUT2D eigenvalue weighted by atomic mass is 19.1. The van der Waals surface area contributed by atoms with E-state index in [4.69, 9.17) is 4.74 Å². The molecular weight excluding hydrogens is 255 g/mol. The second kappa shape index (κ2) is 6.44. The number of halogens is 1. The Bertz CT molecular complexity index is 452. The van der Waals surface area contributed by atoms with Crippen LogP contribution in [0.15, 0.2) is 18.2 Å². The Balaban J connectivity index is 2.19. The zero-order valence-corrected chi connectivity index (χ0v) is 12.7. The summed E-state index contributed by atoms with van der Waals surface area (Å²) < 4.78 is 19.3. The Morgan fingerprint density at radius 3 is 2.85 bits per heavy atom. The van der Waals surface area contributed by atoms with Crippen molar-refractivity contribution in [3.8, 4) is 5.75 Å². The minimum absolute atomic E-state index is 0.0889. The molecule has 1 fully saturated rings. The molecule has 1 N–H and O–H groups in total. The van der Waals surface area contributed by atoms with Gasteiger partial charge in [-0.05, 0) is 45.4 Å². The highest BCUT2D eigenvalue weighted by molar-refractivity contribution is 5.50. The topological polar surface area (TPSA) is 24.5 Å². The fraction of sp³-hybridized carbons (Fsp3) is 0.625. The van der Waals surface area contributed by atoms with Gasteiger partial charge in [-0.2, -0.15) is 0 Å². The number of hydrogen-bond acceptors (Lipinski definition) is 3. The molecule has 20 heavy (non-hydrogen) atoms. The smallest absolute Gasteiger partial charge is 0.167 e. The lowest BCUT2D eigenvalue weighted by molar-refractivity contribution is 0.321. The predicted octanol–water partition coefficient (Wildman–Crippen LogP) is 3.19. The molecule has 0 aromatic heterocycles. The molecule has 1 aromatic rings. The number of hydrogen-bond donors (Lipinski definition) is 1. The second-order valence-electron chi connectivity index (χ2n) is 5.66. The first-order valence-corrected chi connectivity index (χ1v) is 7.50. The van der Waals surface area contributed by atoms with Gasteiger partial charge in [0.2, 0.25) is 0 Å². The molecule has 4 heteroatoms. The van der Waals surface area contributed by atoms with Crippen molar-refractivity contribution in [3.05, 3.63) is 24.0 Å². The van der Waals surface area contributed by atoms with Gasteiger partial charge in [0.05, 0.1) is 6.61 Å². The molecule has 2 rings (SSSR count). The van der Waals surface area contributed by atoms with E-state index in [2.05, 4.69) is 24.1 Å². The molecule has 1 saturated heterocycles. The molecule has 0 aliphatic carbocycles. The maximum atomic E-state index is 14.0. The molecule has 1 atom stereocenters. The highest BCUT2D eigenvalue weighted by Crippen LogP contribution is 2.26. The molecular formula is C16H25FN2O. The monoisotopic (exact) mass is 280 g/mol. The summed E-state index contributed by atoms with van der Waals surface area (Å²) in [6, 6.07) is 5.28. The number of anilines is 1. The first kappa shape index (κ1) is 15.1. The molecule has 1 aliphatic rings. The zero-order chi connectivity index (χ0) is 14.6. The van der Waals surface area contributed by atoms with Gasteiger partial charge >= 0.3 is 0 Å². The number of nitrogens with one attached hydrogen (secondary N) is 1. The Morgan fingerprint density at radius 2 is 2.20 bits per heavy atom. The van der Waals surface area contributed by atoms with Crippen molar-refractivity contribution in [2.75, 3.05) is 31.1 Å². The minimum atomic E-state index is -0.278. The lowest BCUT2D eigenvalue weighted by Gasteiger charge is -2.34. The molecule has 1 aliphatic heterocycles. The van der Waals surface area contributed by atoms with E-state index in [0.29, 0.717) is 12.4 Å². The molecule has 0 bridgehead atoms. The van der Waals surface area contributed by atoms with E-state index in [-0.39, 0.29) is 11.4 Å². The summed E-state index contributed by atoms with van der Waals surface area (Å²) in [5.74, 6) is 0.0576. The van der Waals surface area contributed by atoms with Crippen LogP contribution >= 0.6 is 0 Å². The van der Waals surface area contributed by atoms with Crippen LogP contribution in [0.3, 0.4) is 0 Å². The van der Waals surface area contributed by atoms with Crippen molar-refractivity contribution in [1.82, 2.24) is 5.32 Å². The molecule has 1 heterocycles. The fourth-order valence-electron chi connectivity index (χ4n) is 2.63. The van der Waals surface area contributed by atoms with Crippen LogP contribution in [0.2, 0.25) is 0 Å². The molecule has 112 valence electrons. The largest absolute Gasteiger partial charge is 0.491 e. The van der Waals surface area contributed by atoms with E-state index in [0.717, 1.165) is 38.2 Å². The van der Waals surface area contributed by atoms with Crippen LogP contribution in [0.5, 0.6) is 5.75 Å². The molecule has 0 radical (unpaired) electrons. The first-order chi connectivity index (χ1) is 9.58. The summed E-state index contributed by atoms with van der Waals surface area (Å²) in [7, 11) is 0. The standard InChI is InChI=1S/C16H25FN2O/c1-4-16(3)12-19(10-6-9-18-16)13-7-8-15(20-5-2)14(17)11-13/h7-8,11,18H,4-6,9-10,12H2,1-3H3. The van der Waals surface area contributed by atoms with Crippen molar-refractivity contribution < 1.29 is 9.13 Å². The maximum absolute atomic E-state index is 14.0. The zero-order valence-electron chi connectivity index (χ0n) is 12.7. The molecule has 1 aromatic carbocycles. The van der Waals surface area contributed by atoms with Gasteiger partial charge in [-0.3, -0.25) is 0 Å². The quantitative estimate of drug-likeness (QED) is 0.916. The van der Waals surface area contributed by atoms with Crippen LogP contribution in [0.25, 0.3) is 0 Å². The molecule has 0 amide bonds. The Hall–Kier alpha value is -1.29. The van der Waals surface area contributed by atoms with E-state index in [9.17, 15) is 4.39 Å². The second-order valence-corrected chi connectivity index (χ2v) is 5.66. The van der Waals surface area contributed by atoms with Gasteiger partial charge in [-0.15, -0.1) is 0 Å². The normalized spacial score (nSPS) is 23.5. The third kappa shape index (κ3) is 3.42. The van der Waals surface area contributed by atoms with Gasteiger partial charge in [0.1, 0.15) is 0 Å². The van der Waals surface area contributed by atoms with Crippen LogP contribution in [-0.4, -0.2) is 31.8 Å². The summed E-state index contributed by atoms with van der Waals surface area (Å²) in [5, 5.41) is 3.59. The number of benzene rings is 1. The van der Waals surface area contributed by atoms with E-state index in [1.54, 1.807) is 12.1 Å². The Kier molecular flexibility index (Phi) is 4.86. The lowest BCUT2D eigenvalue weighted by atomic mass is 9.98. The summed E-state index contributed by atoms with van der Waals surface area (Å²) in [4.78, 5) is 2.27. The highest BCUT2D eigenvalue weighted by Gasteiger charge is 2.27. The van der Waals surface area contributed by atoms with Gasteiger partial charge in [0.25, 0.3) is 0 Å². The number of nitrogens with zero attached hydrogens (tertiary/aromatic N) is 1. The van der Waals surface area contributed by atoms with Gasteiger partial charge in [-0.1, -0.05) is 6.92 Å². The van der Waals surface area contributed by atoms with Crippen LogP contribution in [0.1, 0.15) is 33.6 Å². The summed E-state index contributed by atoms with van der Waals surface area (Å²) in [6.07, 6.45) is 2.13. The van der Waals surface area contributed by atoms with E-state index >= 15 is 0 Å². The van der Waals surface area contributed by atoms with Crippen LogP contribution in [0.4, 0.5) is 10.1 Å². The molecule has 0 saturated carbocycles. The van der Waals surface area contributed by atoms with Crippen molar-refractivity contribution in [2.45, 2.75) is 39.2 Å². The van der Waals surface area contributed by atoms with Gasteiger partial charge < -0.3 is 15.0 Å². The number of rotatable bonds is 4. The van der Waals surface area contributed by atoms with Gasteiger partial charge in [-0.25, -0.2) is 4.39 Å². The maximum Gasteiger partial charge on any atom is 0.167 e. The van der Waals surface area contributed by atoms with Gasteiger partial charge in [0.15, 0.2) is 11.6 Å². The van der Waals surface area contributed by atoms with Crippen LogP contribution in [0, 0.1) is 5.82 Å². The van der Waals surface area contributed by atoms with Crippen molar-refractivity contribution in [1.29, 1.82) is 0 Å². The average molecular weight is 280 g/mol. The van der Waals surface area contributed by atoms with Crippen LogP contribution in [-0.2, 0) is 0 Å². The summed E-state index contributed by atoms with van der Waals surface area (Å²) in [5.41, 5.74) is 1.03. The molecule has 0 spiro atoms. The predicted molar refractivity (Wildman–Crippen MR) is 81.1 cm³/mol. The third-order valence-electron chi connectivity index (χ3n) is 4.06. The SMILES string of the molecule is CCOc1ccc(N2CCCNC(C)(CC)C2)cc1F. The van der Waals surface area contributed by atoms with Crippen LogP contribution < -0.4 is 15.0 Å². The lowest BCUT2D eigenvalue weighted by Crippen LogP contribution is -2.48. The molecule has 3 nitrogen and oxygen atoms in total. The van der Waals surface area contributed by atoms with Gasteiger partial charge in [0, 0.05) is 30.4 Å². The summed E-state index contributed by atoms with van der Waals surface area (Å²) >= 11 is 0. The van der Waals surface area contributed by atoms with E-state index in [1.807, 2.05) is 13.0 Å².